The minimum Gasteiger partial charge on any atom is -0.481 e. The summed E-state index contributed by atoms with van der Waals surface area (Å²) in [7, 11) is 5.46. The molecule has 0 saturated carbocycles. The van der Waals surface area contributed by atoms with Crippen LogP contribution in [0.1, 0.15) is 41.2 Å². The first-order valence-electron chi connectivity index (χ1n) is 12.3. The molecule has 1 N–H and O–H groups in total. The SMILES string of the molecule is COc1cc(C(=O)Nc2nc3cccc(C)c3n2C2CCCCN(C(=O)/C=C/CN(C)C)C2)ccn1. The van der Waals surface area contributed by atoms with Crippen LogP contribution in [-0.2, 0) is 4.79 Å². The molecule has 3 heterocycles. The molecule has 9 heteroatoms. The first-order valence-corrected chi connectivity index (χ1v) is 12.3. The maximum atomic E-state index is 13.2. The van der Waals surface area contributed by atoms with Crippen LogP contribution in [0.3, 0.4) is 0 Å². The number of nitrogens with one attached hydrogen (secondary N) is 1. The number of fused-ring (bicyclic) bond motifs is 1. The summed E-state index contributed by atoms with van der Waals surface area (Å²) in [4.78, 5) is 39.0. The number of nitrogens with zero attached hydrogens (tertiary/aromatic N) is 5. The molecule has 1 fully saturated rings. The fourth-order valence-corrected chi connectivity index (χ4v) is 4.60. The molecule has 0 bridgehead atoms. The van der Waals surface area contributed by atoms with Gasteiger partial charge in [-0.25, -0.2) is 9.97 Å². The highest BCUT2D eigenvalue weighted by atomic mass is 16.5. The number of carbonyl (C=O) groups is 2. The Morgan fingerprint density at radius 3 is 2.86 bits per heavy atom. The number of carbonyl (C=O) groups excluding carboxylic acids is 2. The smallest absolute Gasteiger partial charge is 0.258 e. The van der Waals surface area contributed by atoms with Gasteiger partial charge in [-0.2, -0.15) is 0 Å². The van der Waals surface area contributed by atoms with Crippen molar-refractivity contribution < 1.29 is 14.3 Å². The van der Waals surface area contributed by atoms with E-state index in [2.05, 4.69) is 14.9 Å². The van der Waals surface area contributed by atoms with E-state index in [4.69, 9.17) is 9.72 Å². The number of methoxy groups -OCH3 is 1. The molecular weight excluding hydrogens is 456 g/mol. The number of aryl methyl sites for hydroxylation is 1. The summed E-state index contributed by atoms with van der Waals surface area (Å²) in [5, 5.41) is 3.01. The van der Waals surface area contributed by atoms with Crippen LogP contribution in [0.25, 0.3) is 11.0 Å². The molecule has 4 rings (SSSR count). The van der Waals surface area contributed by atoms with E-state index in [9.17, 15) is 9.59 Å². The second kappa shape index (κ2) is 11.3. The number of amides is 2. The van der Waals surface area contributed by atoms with Gasteiger partial charge in [-0.1, -0.05) is 18.2 Å². The number of pyridine rings is 1. The summed E-state index contributed by atoms with van der Waals surface area (Å²) in [6.07, 6.45) is 7.91. The lowest BCUT2D eigenvalue weighted by atomic mass is 10.1. The van der Waals surface area contributed by atoms with Gasteiger partial charge < -0.3 is 19.1 Å². The van der Waals surface area contributed by atoms with Crippen LogP contribution in [0.15, 0.2) is 48.7 Å². The van der Waals surface area contributed by atoms with Gasteiger partial charge in [-0.15, -0.1) is 0 Å². The topological polar surface area (TPSA) is 92.6 Å². The van der Waals surface area contributed by atoms with Gasteiger partial charge in [0.25, 0.3) is 5.91 Å². The standard InChI is InChI=1S/C27H34N6O3/c1-19-9-7-11-22-25(19)33(27(29-22)30-26(35)20-13-14-28-23(17-20)36-4)21-10-5-6-16-32(18-21)24(34)12-8-15-31(2)3/h7-9,11-14,17,21H,5-6,10,15-16,18H2,1-4H3,(H,29,30,35)/b12-8+. The Morgan fingerprint density at radius 2 is 2.08 bits per heavy atom. The van der Waals surface area contributed by atoms with E-state index in [1.807, 2.05) is 55.1 Å². The summed E-state index contributed by atoms with van der Waals surface area (Å²) < 4.78 is 7.28. The van der Waals surface area contributed by atoms with Crippen LogP contribution >= 0.6 is 0 Å². The van der Waals surface area contributed by atoms with E-state index in [1.54, 1.807) is 24.4 Å². The van der Waals surface area contributed by atoms with E-state index in [0.29, 0.717) is 37.0 Å². The summed E-state index contributed by atoms with van der Waals surface area (Å²) in [5.41, 5.74) is 3.29. The van der Waals surface area contributed by atoms with Crippen molar-refractivity contribution in [1.29, 1.82) is 0 Å². The van der Waals surface area contributed by atoms with E-state index >= 15 is 0 Å². The van der Waals surface area contributed by atoms with E-state index in [1.165, 1.54) is 7.11 Å². The van der Waals surface area contributed by atoms with Crippen molar-refractivity contribution in [2.24, 2.45) is 0 Å². The predicted molar refractivity (Wildman–Crippen MR) is 140 cm³/mol. The van der Waals surface area contributed by atoms with Crippen molar-refractivity contribution >= 4 is 28.8 Å². The van der Waals surface area contributed by atoms with Gasteiger partial charge in [-0.3, -0.25) is 14.9 Å². The molecule has 0 aliphatic carbocycles. The zero-order valence-corrected chi connectivity index (χ0v) is 21.4. The highest BCUT2D eigenvalue weighted by molar-refractivity contribution is 6.04. The molecule has 1 aromatic carbocycles. The van der Waals surface area contributed by atoms with E-state index in [-0.39, 0.29) is 17.9 Å². The van der Waals surface area contributed by atoms with Crippen LogP contribution in [0.4, 0.5) is 5.95 Å². The first-order chi connectivity index (χ1) is 17.4. The Bertz CT molecular complexity index is 1270. The lowest BCUT2D eigenvalue weighted by Gasteiger charge is -2.26. The molecule has 190 valence electrons. The second-order valence-electron chi connectivity index (χ2n) is 9.39. The minimum absolute atomic E-state index is 0.0133. The average molecular weight is 491 g/mol. The Labute approximate surface area is 211 Å². The van der Waals surface area contributed by atoms with Crippen LogP contribution in [-0.4, -0.2) is 77.0 Å². The number of hydrogen-bond donors (Lipinski definition) is 1. The Kier molecular flexibility index (Phi) is 8.00. The maximum Gasteiger partial charge on any atom is 0.258 e. The molecule has 2 amide bonds. The van der Waals surface area contributed by atoms with Crippen molar-refractivity contribution in [3.8, 4) is 5.88 Å². The minimum atomic E-state index is -0.293. The number of likely N-dealkylation sites (tertiary alicyclic amines) is 1. The number of aromatic nitrogens is 3. The highest BCUT2D eigenvalue weighted by Gasteiger charge is 2.27. The van der Waals surface area contributed by atoms with Crippen LogP contribution in [0.2, 0.25) is 0 Å². The Morgan fingerprint density at radius 1 is 1.25 bits per heavy atom. The van der Waals surface area contributed by atoms with Gasteiger partial charge in [0, 0.05) is 43.5 Å². The van der Waals surface area contributed by atoms with Gasteiger partial charge in [0.2, 0.25) is 17.7 Å². The van der Waals surface area contributed by atoms with Crippen molar-refractivity contribution in [1.82, 2.24) is 24.3 Å². The fraction of sp³-hybridized carbons (Fsp3) is 0.407. The zero-order valence-electron chi connectivity index (χ0n) is 21.4. The lowest BCUT2D eigenvalue weighted by Crippen LogP contribution is -2.35. The molecule has 1 unspecified atom stereocenters. The van der Waals surface area contributed by atoms with Crippen LogP contribution < -0.4 is 10.1 Å². The molecule has 9 nitrogen and oxygen atoms in total. The maximum absolute atomic E-state index is 13.2. The van der Waals surface area contributed by atoms with Crippen molar-refractivity contribution in [3.63, 3.8) is 0 Å². The summed E-state index contributed by atoms with van der Waals surface area (Å²) >= 11 is 0. The molecule has 0 radical (unpaired) electrons. The highest BCUT2D eigenvalue weighted by Crippen LogP contribution is 2.32. The lowest BCUT2D eigenvalue weighted by molar-refractivity contribution is -0.126. The van der Waals surface area contributed by atoms with Gasteiger partial charge in [0.05, 0.1) is 24.2 Å². The molecule has 0 spiro atoms. The molecule has 36 heavy (non-hydrogen) atoms. The van der Waals surface area contributed by atoms with Gasteiger partial charge in [-0.05, 0) is 58.0 Å². The monoisotopic (exact) mass is 490 g/mol. The molecule has 2 aromatic heterocycles. The quantitative estimate of drug-likeness (QED) is 0.508. The summed E-state index contributed by atoms with van der Waals surface area (Å²) in [6, 6.07) is 9.18. The molecule has 1 atom stereocenters. The van der Waals surface area contributed by atoms with Gasteiger partial charge >= 0.3 is 0 Å². The Balaban J connectivity index is 1.67. The third-order valence-electron chi connectivity index (χ3n) is 6.40. The number of imidazole rings is 1. The largest absolute Gasteiger partial charge is 0.481 e. The van der Waals surface area contributed by atoms with Crippen molar-refractivity contribution in [2.75, 3.05) is 46.2 Å². The molecule has 1 aliphatic heterocycles. The number of likely N-dealkylation sites (N-methyl/N-ethyl adjacent to an activating group) is 1. The number of ether oxygens (including phenoxy) is 1. The number of benzene rings is 1. The van der Waals surface area contributed by atoms with E-state index < -0.39 is 0 Å². The van der Waals surface area contributed by atoms with Crippen LogP contribution in [0.5, 0.6) is 5.88 Å². The first kappa shape index (κ1) is 25.4. The zero-order chi connectivity index (χ0) is 25.7. The number of anilines is 1. The summed E-state index contributed by atoms with van der Waals surface area (Å²) in [5.74, 6) is 0.562. The normalized spacial score (nSPS) is 16.5. The van der Waals surface area contributed by atoms with Crippen molar-refractivity contribution in [3.05, 3.63) is 59.8 Å². The summed E-state index contributed by atoms with van der Waals surface area (Å²) in [6.45, 7) is 4.02. The number of para-hydroxylation sites is 1. The molecule has 3 aromatic rings. The van der Waals surface area contributed by atoms with E-state index in [0.717, 1.165) is 35.9 Å². The molecule has 1 saturated heterocycles. The van der Waals surface area contributed by atoms with Crippen molar-refractivity contribution in [2.45, 2.75) is 32.2 Å². The average Bonchev–Trinajstić information content (AvgIpc) is 3.05. The third-order valence-corrected chi connectivity index (χ3v) is 6.40. The van der Waals surface area contributed by atoms with Crippen LogP contribution in [0, 0.1) is 6.92 Å². The molecular formula is C27H34N6O3. The molecule has 1 aliphatic rings. The Hall–Kier alpha value is -3.72. The van der Waals surface area contributed by atoms with Gasteiger partial charge in [0.1, 0.15) is 0 Å². The third kappa shape index (κ3) is 5.73. The van der Waals surface area contributed by atoms with Gasteiger partial charge in [0.15, 0.2) is 0 Å². The predicted octanol–water partition coefficient (Wildman–Crippen LogP) is 3.67. The second-order valence-corrected chi connectivity index (χ2v) is 9.39. The number of hydrogen-bond acceptors (Lipinski definition) is 6. The fourth-order valence-electron chi connectivity index (χ4n) is 4.60. The number of rotatable bonds is 7.